The Bertz CT molecular complexity index is 618. The van der Waals surface area contributed by atoms with Gasteiger partial charge in [0.2, 0.25) is 0 Å². The van der Waals surface area contributed by atoms with Crippen LogP contribution in [0, 0.1) is 0 Å². The fourth-order valence-electron chi connectivity index (χ4n) is 2.86. The quantitative estimate of drug-likeness (QED) is 0.528. The van der Waals surface area contributed by atoms with Crippen LogP contribution in [0.5, 0.6) is 5.75 Å². The van der Waals surface area contributed by atoms with Gasteiger partial charge in [-0.15, -0.1) is 0 Å². The van der Waals surface area contributed by atoms with Crippen LogP contribution in [0.2, 0.25) is 0 Å². The van der Waals surface area contributed by atoms with Crippen molar-refractivity contribution in [1.29, 1.82) is 0 Å². The number of ether oxygens (including phenoxy) is 1. The van der Waals surface area contributed by atoms with Gasteiger partial charge in [-0.3, -0.25) is 0 Å². The summed E-state index contributed by atoms with van der Waals surface area (Å²) in [5.74, 6) is 0.952. The normalized spacial score (nSPS) is 12.5. The van der Waals surface area contributed by atoms with Crippen molar-refractivity contribution in [3.8, 4) is 5.75 Å². The number of unbranched alkanes of at least 4 members (excludes halogenated alkanes) is 3. The molecule has 0 aliphatic carbocycles. The Kier molecular flexibility index (Phi) is 8.57. The molecule has 0 saturated carbocycles. The van der Waals surface area contributed by atoms with Crippen LogP contribution in [-0.2, 0) is 0 Å². The Balaban J connectivity index is 1.60. The van der Waals surface area contributed by atoms with Gasteiger partial charge in [0.1, 0.15) is 5.75 Å². The number of fused-ring (bicyclic) bond motifs is 1. The summed E-state index contributed by atoms with van der Waals surface area (Å²) >= 11 is 3.50. The lowest BCUT2D eigenvalue weighted by Crippen LogP contribution is -2.20. The minimum absolute atomic E-state index is 0.322. The summed E-state index contributed by atoms with van der Waals surface area (Å²) in [5.41, 5.74) is 11.5. The molecule has 2 aromatic carbocycles. The molecule has 0 bridgehead atoms. The minimum Gasteiger partial charge on any atom is -0.494 e. The van der Waals surface area contributed by atoms with Gasteiger partial charge in [-0.2, -0.15) is 0 Å². The summed E-state index contributed by atoms with van der Waals surface area (Å²) in [5, 5.41) is 2.44. The third-order valence-corrected chi connectivity index (χ3v) is 4.78. The Morgan fingerprint density at radius 2 is 1.58 bits per heavy atom. The van der Waals surface area contributed by atoms with E-state index < -0.39 is 0 Å². The molecule has 4 heteroatoms. The smallest absolute Gasteiger partial charge is 0.119 e. The first kappa shape index (κ1) is 19.2. The Hall–Kier alpha value is -1.10. The van der Waals surface area contributed by atoms with Gasteiger partial charge in [-0.05, 0) is 67.3 Å². The molecule has 3 nitrogen and oxygen atoms in total. The number of rotatable bonds is 11. The molecule has 0 saturated heterocycles. The Morgan fingerprint density at radius 1 is 0.875 bits per heavy atom. The molecule has 132 valence electrons. The lowest BCUT2D eigenvalue weighted by molar-refractivity contribution is 0.304. The van der Waals surface area contributed by atoms with E-state index in [2.05, 4.69) is 46.3 Å². The van der Waals surface area contributed by atoms with E-state index in [1.807, 2.05) is 6.07 Å². The molecule has 1 atom stereocenters. The fourth-order valence-corrected chi connectivity index (χ4v) is 3.24. The third-order valence-electron chi connectivity index (χ3n) is 4.29. The predicted molar refractivity (Wildman–Crippen MR) is 106 cm³/mol. The van der Waals surface area contributed by atoms with Gasteiger partial charge >= 0.3 is 0 Å². The monoisotopic (exact) mass is 392 g/mol. The van der Waals surface area contributed by atoms with Crippen molar-refractivity contribution in [3.63, 3.8) is 0 Å². The van der Waals surface area contributed by atoms with Crippen LogP contribution in [-0.4, -0.2) is 19.2 Å². The fraction of sp³-hybridized carbons (Fsp3) is 0.500. The van der Waals surface area contributed by atoms with Crippen molar-refractivity contribution in [3.05, 3.63) is 40.9 Å². The van der Waals surface area contributed by atoms with Gasteiger partial charge in [0.25, 0.3) is 0 Å². The first-order chi connectivity index (χ1) is 11.7. The van der Waals surface area contributed by atoms with Crippen LogP contribution in [0.1, 0.15) is 44.9 Å². The van der Waals surface area contributed by atoms with Gasteiger partial charge in [0.15, 0.2) is 0 Å². The van der Waals surface area contributed by atoms with E-state index in [1.54, 1.807) is 0 Å². The number of benzene rings is 2. The predicted octanol–water partition coefficient (Wildman–Crippen LogP) is 5.00. The molecule has 0 aromatic heterocycles. The van der Waals surface area contributed by atoms with Gasteiger partial charge < -0.3 is 16.2 Å². The second kappa shape index (κ2) is 10.7. The zero-order valence-electron chi connectivity index (χ0n) is 14.3. The molecule has 0 heterocycles. The minimum atomic E-state index is 0.322. The molecule has 1 unspecified atom stereocenters. The second-order valence-corrected chi connectivity index (χ2v) is 7.31. The van der Waals surface area contributed by atoms with E-state index >= 15 is 0 Å². The molecule has 0 amide bonds. The molecule has 2 rings (SSSR count). The largest absolute Gasteiger partial charge is 0.494 e. The van der Waals surface area contributed by atoms with Gasteiger partial charge in [0.05, 0.1) is 6.61 Å². The zero-order chi connectivity index (χ0) is 17.2. The summed E-state index contributed by atoms with van der Waals surface area (Å²) < 4.78 is 6.98. The number of nitrogens with two attached hydrogens (primary N) is 2. The van der Waals surface area contributed by atoms with E-state index in [0.717, 1.165) is 49.1 Å². The maximum absolute atomic E-state index is 6.05. The van der Waals surface area contributed by atoms with E-state index in [0.29, 0.717) is 6.04 Å². The molecule has 24 heavy (non-hydrogen) atoms. The third kappa shape index (κ3) is 6.80. The Morgan fingerprint density at radius 3 is 2.42 bits per heavy atom. The SMILES string of the molecule is NCCCC(N)CCCCCCOc1ccc2cc(Br)ccc2c1. The van der Waals surface area contributed by atoms with Crippen molar-refractivity contribution in [2.75, 3.05) is 13.2 Å². The van der Waals surface area contributed by atoms with Crippen molar-refractivity contribution in [2.24, 2.45) is 11.5 Å². The highest BCUT2D eigenvalue weighted by Gasteiger charge is 2.02. The maximum atomic E-state index is 6.05. The van der Waals surface area contributed by atoms with Crippen LogP contribution in [0.15, 0.2) is 40.9 Å². The summed E-state index contributed by atoms with van der Waals surface area (Å²) in [6.07, 6.45) is 7.93. The zero-order valence-corrected chi connectivity index (χ0v) is 15.9. The number of hydrogen-bond acceptors (Lipinski definition) is 3. The highest BCUT2D eigenvalue weighted by atomic mass is 79.9. The van der Waals surface area contributed by atoms with E-state index in [1.165, 1.54) is 30.0 Å². The van der Waals surface area contributed by atoms with Gasteiger partial charge in [-0.1, -0.05) is 47.3 Å². The number of hydrogen-bond donors (Lipinski definition) is 2. The van der Waals surface area contributed by atoms with Crippen LogP contribution in [0.25, 0.3) is 10.8 Å². The van der Waals surface area contributed by atoms with Crippen LogP contribution in [0.4, 0.5) is 0 Å². The van der Waals surface area contributed by atoms with Crippen LogP contribution >= 0.6 is 15.9 Å². The first-order valence-electron chi connectivity index (χ1n) is 8.97. The average Bonchev–Trinajstić information content (AvgIpc) is 2.59. The molecule has 2 aromatic rings. The van der Waals surface area contributed by atoms with Crippen molar-refractivity contribution >= 4 is 26.7 Å². The summed E-state index contributed by atoms with van der Waals surface area (Å²) in [4.78, 5) is 0. The standard InChI is InChI=1S/C20H29BrN2O/c21-18-10-8-17-15-20(11-9-16(17)14-18)24-13-4-2-1-3-6-19(23)7-5-12-22/h8-11,14-15,19H,1-7,12-13,22-23H2. The van der Waals surface area contributed by atoms with E-state index in [4.69, 9.17) is 16.2 Å². The molecule has 0 aliphatic heterocycles. The topological polar surface area (TPSA) is 61.3 Å². The molecular formula is C20H29BrN2O. The molecule has 4 N–H and O–H groups in total. The first-order valence-corrected chi connectivity index (χ1v) is 9.76. The second-order valence-electron chi connectivity index (χ2n) is 6.40. The van der Waals surface area contributed by atoms with Crippen LogP contribution in [0.3, 0.4) is 0 Å². The lowest BCUT2D eigenvalue weighted by atomic mass is 10.0. The van der Waals surface area contributed by atoms with Gasteiger partial charge in [-0.25, -0.2) is 0 Å². The molecule has 0 spiro atoms. The van der Waals surface area contributed by atoms with Crippen molar-refractivity contribution in [1.82, 2.24) is 0 Å². The van der Waals surface area contributed by atoms with Crippen molar-refractivity contribution in [2.45, 2.75) is 51.0 Å². The van der Waals surface area contributed by atoms with Crippen LogP contribution < -0.4 is 16.2 Å². The summed E-state index contributed by atoms with van der Waals surface area (Å²) in [6, 6.07) is 12.9. The van der Waals surface area contributed by atoms with Crippen molar-refractivity contribution < 1.29 is 4.74 Å². The number of halogens is 1. The highest BCUT2D eigenvalue weighted by molar-refractivity contribution is 9.10. The summed E-state index contributed by atoms with van der Waals surface area (Å²) in [6.45, 7) is 1.53. The summed E-state index contributed by atoms with van der Waals surface area (Å²) in [7, 11) is 0. The van der Waals surface area contributed by atoms with E-state index in [-0.39, 0.29) is 0 Å². The molecule has 0 aliphatic rings. The van der Waals surface area contributed by atoms with Gasteiger partial charge in [0, 0.05) is 10.5 Å². The maximum Gasteiger partial charge on any atom is 0.119 e. The average molecular weight is 393 g/mol. The Labute approximate surface area is 153 Å². The highest BCUT2D eigenvalue weighted by Crippen LogP contribution is 2.24. The van der Waals surface area contributed by atoms with E-state index in [9.17, 15) is 0 Å². The molecule has 0 fully saturated rings. The lowest BCUT2D eigenvalue weighted by Gasteiger charge is -2.10. The molecule has 0 radical (unpaired) electrons. The molecular weight excluding hydrogens is 364 g/mol.